The lowest BCUT2D eigenvalue weighted by Gasteiger charge is -2.26. The molecular formula is C17H23N7O2. The van der Waals surface area contributed by atoms with Gasteiger partial charge in [-0.1, -0.05) is 29.8 Å². The molecule has 1 fully saturated rings. The van der Waals surface area contributed by atoms with Crippen LogP contribution in [0.2, 0.25) is 0 Å². The van der Waals surface area contributed by atoms with Crippen LogP contribution in [-0.4, -0.2) is 59.3 Å². The number of morpholine rings is 1. The van der Waals surface area contributed by atoms with E-state index < -0.39 is 0 Å². The minimum Gasteiger partial charge on any atom is -0.462 e. The molecule has 26 heavy (non-hydrogen) atoms. The number of aromatic nitrogens is 3. The van der Waals surface area contributed by atoms with E-state index in [1.54, 1.807) is 0 Å². The topological polar surface area (TPSA) is 111 Å². The van der Waals surface area contributed by atoms with E-state index in [1.165, 1.54) is 5.56 Å². The number of azo groups is 1. The lowest BCUT2D eigenvalue weighted by molar-refractivity contribution is 0.0317. The van der Waals surface area contributed by atoms with Crippen LogP contribution in [-0.2, 0) is 11.3 Å². The van der Waals surface area contributed by atoms with Crippen LogP contribution in [0.3, 0.4) is 0 Å². The predicted molar refractivity (Wildman–Crippen MR) is 96.4 cm³/mol. The van der Waals surface area contributed by atoms with Crippen LogP contribution in [0.1, 0.15) is 11.1 Å². The third-order valence-electron chi connectivity index (χ3n) is 3.86. The largest absolute Gasteiger partial charge is 0.462 e. The van der Waals surface area contributed by atoms with Crippen molar-refractivity contribution < 1.29 is 9.47 Å². The van der Waals surface area contributed by atoms with Gasteiger partial charge in [0.2, 0.25) is 5.95 Å². The zero-order chi connectivity index (χ0) is 18.2. The molecule has 9 heteroatoms. The Morgan fingerprint density at radius 2 is 2.08 bits per heavy atom. The molecule has 1 aromatic carbocycles. The average Bonchev–Trinajstić information content (AvgIpc) is 2.62. The Labute approximate surface area is 152 Å². The molecule has 0 radical (unpaired) electrons. The van der Waals surface area contributed by atoms with Crippen LogP contribution >= 0.6 is 0 Å². The monoisotopic (exact) mass is 357 g/mol. The van der Waals surface area contributed by atoms with Gasteiger partial charge in [0.05, 0.1) is 19.8 Å². The molecule has 1 aliphatic heterocycles. The van der Waals surface area contributed by atoms with Crippen molar-refractivity contribution in [1.82, 2.24) is 19.9 Å². The van der Waals surface area contributed by atoms with E-state index in [9.17, 15) is 0 Å². The molecule has 2 N–H and O–H groups in total. The first kappa shape index (κ1) is 18.2. The van der Waals surface area contributed by atoms with Gasteiger partial charge in [-0.3, -0.25) is 4.90 Å². The summed E-state index contributed by atoms with van der Waals surface area (Å²) >= 11 is 0. The van der Waals surface area contributed by atoms with Gasteiger partial charge in [0.15, 0.2) is 0 Å². The molecule has 2 heterocycles. The molecule has 138 valence electrons. The molecule has 0 bridgehead atoms. The van der Waals surface area contributed by atoms with Crippen molar-refractivity contribution in [2.75, 3.05) is 45.2 Å². The van der Waals surface area contributed by atoms with E-state index in [2.05, 4.69) is 36.1 Å². The number of nitrogens with zero attached hydrogens (tertiary/aromatic N) is 6. The second-order valence-electron chi connectivity index (χ2n) is 5.97. The highest BCUT2D eigenvalue weighted by Gasteiger charge is 2.11. The Balaban J connectivity index is 1.53. The maximum atomic E-state index is 5.71. The standard InChI is InChI=1S/C17H23N7O2/c1-13-3-2-4-14(11-13)12-19-23-16-20-15(18)21-17(22-16)26-10-7-24-5-8-25-9-6-24/h2-4,11H,5-10,12H2,1H3,(H2,18,20,21,22). The third-order valence-corrected chi connectivity index (χ3v) is 3.86. The highest BCUT2D eigenvalue weighted by atomic mass is 16.5. The molecule has 0 aliphatic carbocycles. The van der Waals surface area contributed by atoms with E-state index in [-0.39, 0.29) is 17.9 Å². The smallest absolute Gasteiger partial charge is 0.323 e. The first-order chi connectivity index (χ1) is 12.7. The van der Waals surface area contributed by atoms with Crippen LogP contribution in [0.5, 0.6) is 6.01 Å². The van der Waals surface area contributed by atoms with Crippen molar-refractivity contribution in [3.8, 4) is 6.01 Å². The molecule has 1 saturated heterocycles. The summed E-state index contributed by atoms with van der Waals surface area (Å²) in [6, 6.07) is 8.24. The van der Waals surface area contributed by atoms with Crippen molar-refractivity contribution in [2.45, 2.75) is 13.5 Å². The van der Waals surface area contributed by atoms with E-state index in [4.69, 9.17) is 15.2 Å². The molecule has 3 rings (SSSR count). The average molecular weight is 357 g/mol. The molecule has 0 unspecified atom stereocenters. The minimum atomic E-state index is 0.0610. The normalized spacial score (nSPS) is 15.4. The number of aryl methyl sites for hydroxylation is 1. The van der Waals surface area contributed by atoms with Crippen LogP contribution in [0.4, 0.5) is 11.9 Å². The maximum Gasteiger partial charge on any atom is 0.323 e. The Bertz CT molecular complexity index is 748. The van der Waals surface area contributed by atoms with E-state index in [0.717, 1.165) is 38.4 Å². The number of ether oxygens (including phenoxy) is 2. The zero-order valence-electron chi connectivity index (χ0n) is 14.8. The Hall–Kier alpha value is -2.65. The van der Waals surface area contributed by atoms with Crippen LogP contribution in [0, 0.1) is 6.92 Å². The van der Waals surface area contributed by atoms with E-state index in [0.29, 0.717) is 13.2 Å². The van der Waals surface area contributed by atoms with E-state index in [1.807, 2.05) is 25.1 Å². The van der Waals surface area contributed by atoms with Gasteiger partial charge in [-0.2, -0.15) is 20.1 Å². The quantitative estimate of drug-likeness (QED) is 0.751. The SMILES string of the molecule is Cc1cccc(CN=Nc2nc(N)nc(OCCN3CCOCC3)n2)c1. The van der Waals surface area contributed by atoms with Crippen molar-refractivity contribution in [3.05, 3.63) is 35.4 Å². The predicted octanol–water partition coefficient (Wildman–Crippen LogP) is 1.76. The number of nitrogen functional groups attached to an aromatic ring is 1. The van der Waals surface area contributed by atoms with Gasteiger partial charge in [0.25, 0.3) is 5.95 Å². The Morgan fingerprint density at radius 3 is 2.88 bits per heavy atom. The van der Waals surface area contributed by atoms with Crippen molar-refractivity contribution >= 4 is 11.9 Å². The Morgan fingerprint density at radius 1 is 1.23 bits per heavy atom. The van der Waals surface area contributed by atoms with Gasteiger partial charge >= 0.3 is 6.01 Å². The van der Waals surface area contributed by atoms with Crippen LogP contribution in [0.25, 0.3) is 0 Å². The number of nitrogens with two attached hydrogens (primary N) is 1. The molecule has 0 spiro atoms. The second kappa shape index (κ2) is 9.16. The van der Waals surface area contributed by atoms with Gasteiger partial charge in [-0.05, 0) is 12.5 Å². The third kappa shape index (κ3) is 5.71. The number of rotatable bonds is 7. The molecule has 1 aliphatic rings. The van der Waals surface area contributed by atoms with Crippen molar-refractivity contribution in [2.24, 2.45) is 10.2 Å². The summed E-state index contributed by atoms with van der Waals surface area (Å²) in [5.41, 5.74) is 7.95. The first-order valence-corrected chi connectivity index (χ1v) is 8.56. The van der Waals surface area contributed by atoms with Gasteiger partial charge < -0.3 is 15.2 Å². The number of hydrogen-bond acceptors (Lipinski definition) is 9. The fourth-order valence-electron chi connectivity index (χ4n) is 2.55. The molecule has 0 saturated carbocycles. The summed E-state index contributed by atoms with van der Waals surface area (Å²) in [6.07, 6.45) is 0. The Kier molecular flexibility index (Phi) is 6.39. The zero-order valence-corrected chi connectivity index (χ0v) is 14.8. The fraction of sp³-hybridized carbons (Fsp3) is 0.471. The molecule has 2 aromatic rings. The minimum absolute atomic E-state index is 0.0610. The van der Waals surface area contributed by atoms with Crippen molar-refractivity contribution in [1.29, 1.82) is 0 Å². The second-order valence-corrected chi connectivity index (χ2v) is 5.97. The molecule has 0 amide bonds. The summed E-state index contributed by atoms with van der Waals surface area (Å²) in [7, 11) is 0. The molecule has 0 atom stereocenters. The van der Waals surface area contributed by atoms with E-state index >= 15 is 0 Å². The number of benzene rings is 1. The van der Waals surface area contributed by atoms with Crippen LogP contribution < -0.4 is 10.5 Å². The summed E-state index contributed by atoms with van der Waals surface area (Å²) in [4.78, 5) is 14.3. The van der Waals surface area contributed by atoms with Crippen LogP contribution in [0.15, 0.2) is 34.5 Å². The maximum absolute atomic E-state index is 5.71. The summed E-state index contributed by atoms with van der Waals surface area (Å²) in [5.74, 6) is 0.206. The molecular weight excluding hydrogens is 334 g/mol. The summed E-state index contributed by atoms with van der Waals surface area (Å²) in [6.45, 7) is 7.04. The van der Waals surface area contributed by atoms with Crippen molar-refractivity contribution in [3.63, 3.8) is 0 Å². The number of anilines is 1. The number of hydrogen-bond donors (Lipinski definition) is 1. The van der Waals surface area contributed by atoms with Gasteiger partial charge in [-0.15, -0.1) is 5.11 Å². The van der Waals surface area contributed by atoms with Gasteiger partial charge in [0.1, 0.15) is 6.61 Å². The fourth-order valence-corrected chi connectivity index (χ4v) is 2.55. The highest BCUT2D eigenvalue weighted by molar-refractivity contribution is 5.27. The molecule has 9 nitrogen and oxygen atoms in total. The first-order valence-electron chi connectivity index (χ1n) is 8.56. The summed E-state index contributed by atoms with van der Waals surface area (Å²) < 4.78 is 10.9. The van der Waals surface area contributed by atoms with Gasteiger partial charge in [-0.25, -0.2) is 0 Å². The lowest BCUT2D eigenvalue weighted by atomic mass is 10.1. The molecule has 1 aromatic heterocycles. The highest BCUT2D eigenvalue weighted by Crippen LogP contribution is 2.13. The van der Waals surface area contributed by atoms with Gasteiger partial charge in [0, 0.05) is 19.6 Å². The summed E-state index contributed by atoms with van der Waals surface area (Å²) in [5, 5.41) is 8.15. The lowest BCUT2D eigenvalue weighted by Crippen LogP contribution is -2.38.